The number of imidazole rings is 1. The van der Waals surface area contributed by atoms with Crippen LogP contribution in [0.3, 0.4) is 0 Å². The van der Waals surface area contributed by atoms with Crippen molar-refractivity contribution in [3.05, 3.63) is 16.1 Å². The SMILES string of the molecule is CCc1nn2c(Br)c(C)nc2n1C. The van der Waals surface area contributed by atoms with Gasteiger partial charge in [0.15, 0.2) is 0 Å². The first-order valence-electron chi connectivity index (χ1n) is 4.21. The van der Waals surface area contributed by atoms with Gasteiger partial charge in [-0.3, -0.25) is 4.57 Å². The predicted molar refractivity (Wildman–Crippen MR) is 53.8 cm³/mol. The summed E-state index contributed by atoms with van der Waals surface area (Å²) in [6.45, 7) is 4.05. The number of rotatable bonds is 1. The first-order valence-corrected chi connectivity index (χ1v) is 5.01. The van der Waals surface area contributed by atoms with E-state index in [2.05, 4.69) is 32.9 Å². The highest BCUT2D eigenvalue weighted by Gasteiger charge is 2.12. The van der Waals surface area contributed by atoms with Crippen LogP contribution in [0, 0.1) is 6.92 Å². The maximum absolute atomic E-state index is 4.42. The van der Waals surface area contributed by atoms with Crippen LogP contribution in [0.25, 0.3) is 5.78 Å². The van der Waals surface area contributed by atoms with Crippen molar-refractivity contribution in [2.45, 2.75) is 20.3 Å². The van der Waals surface area contributed by atoms with Crippen LogP contribution in [0.1, 0.15) is 18.4 Å². The van der Waals surface area contributed by atoms with Crippen molar-refractivity contribution < 1.29 is 0 Å². The minimum absolute atomic E-state index is 0.890. The summed E-state index contributed by atoms with van der Waals surface area (Å²) in [5, 5.41) is 4.42. The van der Waals surface area contributed by atoms with Crippen molar-refractivity contribution in [1.29, 1.82) is 0 Å². The summed E-state index contributed by atoms with van der Waals surface area (Å²) in [5.74, 6) is 1.93. The largest absolute Gasteiger partial charge is 0.300 e. The van der Waals surface area contributed by atoms with Gasteiger partial charge in [0, 0.05) is 13.5 Å². The number of aromatic nitrogens is 4. The Balaban J connectivity index is 2.81. The van der Waals surface area contributed by atoms with E-state index in [9.17, 15) is 0 Å². The molecule has 0 unspecified atom stereocenters. The molecule has 0 saturated heterocycles. The van der Waals surface area contributed by atoms with Crippen molar-refractivity contribution in [2.75, 3.05) is 0 Å². The van der Waals surface area contributed by atoms with Crippen LogP contribution in [0.2, 0.25) is 0 Å². The summed E-state index contributed by atoms with van der Waals surface area (Å²) in [4.78, 5) is 4.40. The number of halogens is 1. The summed E-state index contributed by atoms with van der Waals surface area (Å²) in [7, 11) is 1.99. The lowest BCUT2D eigenvalue weighted by Crippen LogP contribution is -1.96. The fourth-order valence-electron chi connectivity index (χ4n) is 1.40. The maximum atomic E-state index is 4.42. The average Bonchev–Trinajstić information content (AvgIpc) is 2.56. The van der Waals surface area contributed by atoms with Gasteiger partial charge in [0.25, 0.3) is 0 Å². The zero-order valence-corrected chi connectivity index (χ0v) is 9.46. The second-order valence-corrected chi connectivity index (χ2v) is 3.78. The van der Waals surface area contributed by atoms with Gasteiger partial charge in [-0.25, -0.2) is 4.98 Å². The smallest absolute Gasteiger partial charge is 0.233 e. The summed E-state index contributed by atoms with van der Waals surface area (Å²) in [5.41, 5.74) is 0.973. The summed E-state index contributed by atoms with van der Waals surface area (Å²) in [6, 6.07) is 0. The van der Waals surface area contributed by atoms with E-state index < -0.39 is 0 Å². The van der Waals surface area contributed by atoms with Crippen molar-refractivity contribution >= 4 is 21.7 Å². The Bertz CT molecular complexity index is 454. The highest BCUT2D eigenvalue weighted by Crippen LogP contribution is 2.17. The van der Waals surface area contributed by atoms with Gasteiger partial charge in [-0.05, 0) is 22.9 Å². The summed E-state index contributed by atoms with van der Waals surface area (Å²) >= 11 is 3.45. The molecular formula is C8H11BrN4. The van der Waals surface area contributed by atoms with Crippen LogP contribution in [-0.4, -0.2) is 19.2 Å². The number of fused-ring (bicyclic) bond motifs is 1. The molecule has 2 heterocycles. The van der Waals surface area contributed by atoms with Crippen molar-refractivity contribution in [2.24, 2.45) is 7.05 Å². The molecular weight excluding hydrogens is 232 g/mol. The molecule has 2 aromatic heterocycles. The number of nitrogens with zero attached hydrogens (tertiary/aromatic N) is 4. The van der Waals surface area contributed by atoms with E-state index in [1.807, 2.05) is 23.1 Å². The van der Waals surface area contributed by atoms with Gasteiger partial charge < -0.3 is 0 Å². The van der Waals surface area contributed by atoms with E-state index in [0.717, 1.165) is 28.3 Å². The lowest BCUT2D eigenvalue weighted by atomic mass is 10.5. The fraction of sp³-hybridized carbons (Fsp3) is 0.500. The summed E-state index contributed by atoms with van der Waals surface area (Å²) in [6.07, 6.45) is 0.922. The second-order valence-electron chi connectivity index (χ2n) is 3.03. The van der Waals surface area contributed by atoms with Crippen molar-refractivity contribution in [3.63, 3.8) is 0 Å². The minimum Gasteiger partial charge on any atom is -0.300 e. The van der Waals surface area contributed by atoms with Gasteiger partial charge in [-0.2, -0.15) is 9.61 Å². The quantitative estimate of drug-likeness (QED) is 0.764. The van der Waals surface area contributed by atoms with E-state index in [4.69, 9.17) is 0 Å². The van der Waals surface area contributed by atoms with E-state index in [1.54, 1.807) is 0 Å². The average molecular weight is 243 g/mol. The third-order valence-corrected chi connectivity index (χ3v) is 3.07. The second kappa shape index (κ2) is 2.83. The molecule has 0 spiro atoms. The third kappa shape index (κ3) is 1.10. The van der Waals surface area contributed by atoms with Crippen LogP contribution in [0.5, 0.6) is 0 Å². The molecule has 0 radical (unpaired) electrons. The van der Waals surface area contributed by atoms with Crippen LogP contribution in [-0.2, 0) is 13.5 Å². The van der Waals surface area contributed by atoms with Crippen LogP contribution >= 0.6 is 15.9 Å². The fourth-order valence-corrected chi connectivity index (χ4v) is 1.72. The van der Waals surface area contributed by atoms with Crippen molar-refractivity contribution in [3.8, 4) is 0 Å². The molecule has 2 rings (SSSR count). The van der Waals surface area contributed by atoms with Crippen LogP contribution < -0.4 is 0 Å². The Hall–Kier alpha value is -0.840. The first-order chi connectivity index (χ1) is 6.15. The molecule has 4 nitrogen and oxygen atoms in total. The Kier molecular flexibility index (Phi) is 1.91. The van der Waals surface area contributed by atoms with Gasteiger partial charge in [0.1, 0.15) is 10.4 Å². The van der Waals surface area contributed by atoms with E-state index >= 15 is 0 Å². The van der Waals surface area contributed by atoms with E-state index in [-0.39, 0.29) is 0 Å². The number of aryl methyl sites for hydroxylation is 3. The molecule has 70 valence electrons. The molecule has 0 N–H and O–H groups in total. The monoisotopic (exact) mass is 242 g/mol. The van der Waals surface area contributed by atoms with Gasteiger partial charge in [-0.15, -0.1) is 0 Å². The molecule has 2 aromatic rings. The Labute approximate surface area is 84.7 Å². The normalized spacial score (nSPS) is 11.4. The molecule has 0 aliphatic carbocycles. The van der Waals surface area contributed by atoms with E-state index in [0.29, 0.717) is 0 Å². The Morgan fingerprint density at radius 1 is 1.46 bits per heavy atom. The van der Waals surface area contributed by atoms with Gasteiger partial charge in [0.2, 0.25) is 5.78 Å². The Morgan fingerprint density at radius 2 is 2.15 bits per heavy atom. The molecule has 0 saturated carbocycles. The topological polar surface area (TPSA) is 35.1 Å². The molecule has 0 aliphatic heterocycles. The lowest BCUT2D eigenvalue weighted by molar-refractivity contribution is 0.804. The molecule has 0 atom stereocenters. The lowest BCUT2D eigenvalue weighted by Gasteiger charge is -1.93. The summed E-state index contributed by atoms with van der Waals surface area (Å²) < 4.78 is 4.78. The highest BCUT2D eigenvalue weighted by atomic mass is 79.9. The van der Waals surface area contributed by atoms with E-state index in [1.165, 1.54) is 0 Å². The first kappa shape index (κ1) is 8.74. The molecule has 13 heavy (non-hydrogen) atoms. The van der Waals surface area contributed by atoms with Crippen LogP contribution in [0.15, 0.2) is 4.60 Å². The zero-order chi connectivity index (χ0) is 9.59. The number of hydrogen-bond acceptors (Lipinski definition) is 2. The van der Waals surface area contributed by atoms with Crippen molar-refractivity contribution in [1.82, 2.24) is 19.2 Å². The minimum atomic E-state index is 0.890. The molecule has 0 aliphatic rings. The number of hydrogen-bond donors (Lipinski definition) is 0. The molecule has 0 fully saturated rings. The molecule has 0 aromatic carbocycles. The van der Waals surface area contributed by atoms with Crippen LogP contribution in [0.4, 0.5) is 0 Å². The molecule has 5 heteroatoms. The zero-order valence-electron chi connectivity index (χ0n) is 7.87. The molecule has 0 amide bonds. The maximum Gasteiger partial charge on any atom is 0.233 e. The van der Waals surface area contributed by atoms with Gasteiger partial charge in [-0.1, -0.05) is 6.92 Å². The standard InChI is InChI=1S/C8H11BrN4/c1-4-6-11-13-7(9)5(2)10-8(13)12(6)3/h4H2,1-3H3. The molecule has 0 bridgehead atoms. The Morgan fingerprint density at radius 3 is 2.69 bits per heavy atom. The predicted octanol–water partition coefficient (Wildman–Crippen LogP) is 1.70. The van der Waals surface area contributed by atoms with Gasteiger partial charge >= 0.3 is 0 Å². The van der Waals surface area contributed by atoms with Gasteiger partial charge in [0.05, 0.1) is 5.69 Å². The highest BCUT2D eigenvalue weighted by molar-refractivity contribution is 9.10. The third-order valence-electron chi connectivity index (χ3n) is 2.16.